The van der Waals surface area contributed by atoms with E-state index in [4.69, 9.17) is 0 Å². The largest absolute Gasteiger partial charge is 0.312 e. The summed E-state index contributed by atoms with van der Waals surface area (Å²) in [6.45, 7) is 1.91. The first kappa shape index (κ1) is 14.3. The molecule has 0 N–H and O–H groups in total. The maximum Gasteiger partial charge on any atom is 0.227 e. The Kier molecular flexibility index (Phi) is 4.09. The van der Waals surface area contributed by atoms with Gasteiger partial charge in [-0.25, -0.2) is 4.39 Å². The molecule has 0 saturated heterocycles. The van der Waals surface area contributed by atoms with E-state index in [0.29, 0.717) is 6.42 Å². The molecule has 0 bridgehead atoms. The minimum atomic E-state index is -0.335. The van der Waals surface area contributed by atoms with Crippen LogP contribution in [-0.4, -0.2) is 10.8 Å². The number of benzene rings is 1. The van der Waals surface area contributed by atoms with Crippen LogP contribution < -0.4 is 0 Å². The molecule has 21 heavy (non-hydrogen) atoms. The van der Waals surface area contributed by atoms with Crippen LogP contribution in [0.25, 0.3) is 0 Å². The van der Waals surface area contributed by atoms with Crippen LogP contribution in [-0.2, 0) is 4.79 Å². The van der Waals surface area contributed by atoms with Crippen LogP contribution in [0.15, 0.2) is 24.4 Å². The highest BCUT2D eigenvalue weighted by molar-refractivity contribution is 5.79. The topological polar surface area (TPSA) is 20.3 Å². The van der Waals surface area contributed by atoms with Crippen LogP contribution in [0.5, 0.6) is 0 Å². The highest BCUT2D eigenvalue weighted by Gasteiger charge is 2.29. The highest BCUT2D eigenvalue weighted by Crippen LogP contribution is 2.39. The molecule has 2 nitrogen and oxygen atoms in total. The summed E-state index contributed by atoms with van der Waals surface area (Å²) in [7, 11) is 0. The van der Waals surface area contributed by atoms with Crippen molar-refractivity contribution in [2.75, 3.05) is 0 Å². The van der Waals surface area contributed by atoms with Crippen molar-refractivity contribution in [1.29, 1.82) is 0 Å². The first-order valence-corrected chi connectivity index (χ1v) is 7.80. The third-order valence-electron chi connectivity index (χ3n) is 4.48. The molecule has 1 aromatic carbocycles. The third-order valence-corrected chi connectivity index (χ3v) is 4.48. The van der Waals surface area contributed by atoms with E-state index in [2.05, 4.69) is 6.07 Å². The smallest absolute Gasteiger partial charge is 0.227 e. The van der Waals surface area contributed by atoms with E-state index in [0.717, 1.165) is 36.3 Å². The molecule has 1 fully saturated rings. The van der Waals surface area contributed by atoms with Crippen LogP contribution in [0, 0.1) is 24.7 Å². The van der Waals surface area contributed by atoms with E-state index >= 15 is 0 Å². The lowest BCUT2D eigenvalue weighted by atomic mass is 9.94. The predicted molar refractivity (Wildman–Crippen MR) is 79.9 cm³/mol. The van der Waals surface area contributed by atoms with E-state index in [1.54, 1.807) is 6.07 Å². The number of hydrogen-bond acceptors (Lipinski definition) is 1. The maximum absolute atomic E-state index is 13.3. The van der Waals surface area contributed by atoms with Gasteiger partial charge in [-0.2, -0.15) is 0 Å². The van der Waals surface area contributed by atoms with Gasteiger partial charge in [0.2, 0.25) is 5.91 Å². The van der Waals surface area contributed by atoms with Gasteiger partial charge in [-0.05, 0) is 55.4 Å². The SMILES string of the molecule is Cc1cc(F)[c]cc1C(CCC1CC1)N1C=CCCC1=O. The van der Waals surface area contributed by atoms with Gasteiger partial charge >= 0.3 is 0 Å². The number of amides is 1. The lowest BCUT2D eigenvalue weighted by Crippen LogP contribution is -2.32. The molecule has 1 saturated carbocycles. The predicted octanol–water partition coefficient (Wildman–Crippen LogP) is 4.30. The fourth-order valence-corrected chi connectivity index (χ4v) is 3.06. The lowest BCUT2D eigenvalue weighted by molar-refractivity contribution is -0.131. The standard InChI is InChI=1S/C18H21FNO/c1-13-12-15(19)8-9-16(13)17(10-7-14-5-6-14)20-11-3-2-4-18(20)21/h3,9,11-12,14,17H,2,4-7,10H2,1H3. The molecule has 1 atom stereocenters. The summed E-state index contributed by atoms with van der Waals surface area (Å²) in [5.41, 5.74) is 1.93. The summed E-state index contributed by atoms with van der Waals surface area (Å²) < 4.78 is 13.3. The Morgan fingerprint density at radius 1 is 1.48 bits per heavy atom. The molecule has 0 spiro atoms. The normalized spacial score (nSPS) is 19.9. The van der Waals surface area contributed by atoms with Crippen LogP contribution >= 0.6 is 0 Å². The van der Waals surface area contributed by atoms with E-state index in [1.165, 1.54) is 18.9 Å². The van der Waals surface area contributed by atoms with Gasteiger partial charge in [0.25, 0.3) is 0 Å². The van der Waals surface area contributed by atoms with Gasteiger partial charge < -0.3 is 4.90 Å². The molecule has 1 amide bonds. The molecule has 3 heteroatoms. The summed E-state index contributed by atoms with van der Waals surface area (Å²) in [5, 5.41) is 0. The van der Waals surface area contributed by atoms with Gasteiger partial charge in [0.15, 0.2) is 0 Å². The Labute approximate surface area is 125 Å². The van der Waals surface area contributed by atoms with E-state index in [1.807, 2.05) is 24.1 Å². The van der Waals surface area contributed by atoms with Crippen molar-refractivity contribution in [1.82, 2.24) is 4.90 Å². The van der Waals surface area contributed by atoms with Gasteiger partial charge in [0.1, 0.15) is 5.82 Å². The van der Waals surface area contributed by atoms with Gasteiger partial charge in [-0.3, -0.25) is 4.79 Å². The van der Waals surface area contributed by atoms with Crippen molar-refractivity contribution in [3.8, 4) is 0 Å². The van der Waals surface area contributed by atoms with Crippen LogP contribution in [0.3, 0.4) is 0 Å². The third kappa shape index (κ3) is 3.34. The molecule has 0 aromatic heterocycles. The van der Waals surface area contributed by atoms with Crippen molar-refractivity contribution in [2.24, 2.45) is 5.92 Å². The van der Waals surface area contributed by atoms with Crippen molar-refractivity contribution in [3.05, 3.63) is 47.4 Å². The van der Waals surface area contributed by atoms with E-state index in [-0.39, 0.29) is 17.8 Å². The second-order valence-corrected chi connectivity index (χ2v) is 6.18. The molecular weight excluding hydrogens is 265 g/mol. The average Bonchev–Trinajstić information content (AvgIpc) is 3.26. The van der Waals surface area contributed by atoms with Gasteiger partial charge in [-0.1, -0.05) is 18.9 Å². The number of carbonyl (C=O) groups excluding carboxylic acids is 1. The van der Waals surface area contributed by atoms with Crippen LogP contribution in [0.4, 0.5) is 4.39 Å². The lowest BCUT2D eigenvalue weighted by Gasteiger charge is -2.32. The van der Waals surface area contributed by atoms with Crippen LogP contribution in [0.2, 0.25) is 0 Å². The number of allylic oxidation sites excluding steroid dienone is 1. The summed E-state index contributed by atoms with van der Waals surface area (Å²) >= 11 is 0. The molecular formula is C18H21FNO. The van der Waals surface area contributed by atoms with Crippen molar-refractivity contribution < 1.29 is 9.18 Å². The fraction of sp³-hybridized carbons (Fsp3) is 0.500. The number of aryl methyl sites for hydroxylation is 1. The quantitative estimate of drug-likeness (QED) is 0.790. The zero-order valence-electron chi connectivity index (χ0n) is 12.4. The zero-order valence-corrected chi connectivity index (χ0v) is 12.4. The summed E-state index contributed by atoms with van der Waals surface area (Å²) in [6, 6.07) is 5.90. The number of nitrogens with zero attached hydrogens (tertiary/aromatic N) is 1. The molecule has 1 radical (unpaired) electrons. The molecule has 1 unspecified atom stereocenters. The summed E-state index contributed by atoms with van der Waals surface area (Å²) in [6.07, 6.45) is 10.1. The van der Waals surface area contributed by atoms with Crippen molar-refractivity contribution >= 4 is 5.91 Å². The fourth-order valence-electron chi connectivity index (χ4n) is 3.06. The Hall–Kier alpha value is -1.64. The second-order valence-electron chi connectivity index (χ2n) is 6.18. The molecule has 1 aliphatic carbocycles. The van der Waals surface area contributed by atoms with Gasteiger partial charge in [0, 0.05) is 18.7 Å². The molecule has 2 aliphatic rings. The van der Waals surface area contributed by atoms with Gasteiger partial charge in [0.05, 0.1) is 6.04 Å². The van der Waals surface area contributed by atoms with E-state index in [9.17, 15) is 9.18 Å². The number of rotatable bonds is 5. The summed E-state index contributed by atoms with van der Waals surface area (Å²) in [5.74, 6) is 0.654. The number of hydrogen-bond donors (Lipinski definition) is 0. The van der Waals surface area contributed by atoms with Crippen LogP contribution in [0.1, 0.15) is 55.7 Å². The number of carbonyl (C=O) groups is 1. The second kappa shape index (κ2) is 6.00. The van der Waals surface area contributed by atoms with Gasteiger partial charge in [-0.15, -0.1) is 0 Å². The Balaban J connectivity index is 1.88. The zero-order chi connectivity index (χ0) is 14.8. The Bertz CT molecular complexity index is 562. The molecule has 3 rings (SSSR count). The van der Waals surface area contributed by atoms with E-state index < -0.39 is 0 Å². The Morgan fingerprint density at radius 2 is 2.29 bits per heavy atom. The highest BCUT2D eigenvalue weighted by atomic mass is 19.1. The minimum absolute atomic E-state index is 0.0199. The summed E-state index contributed by atoms with van der Waals surface area (Å²) in [4.78, 5) is 14.1. The monoisotopic (exact) mass is 286 g/mol. The first-order valence-electron chi connectivity index (χ1n) is 7.80. The molecule has 1 heterocycles. The average molecular weight is 286 g/mol. The molecule has 1 aliphatic heterocycles. The maximum atomic E-state index is 13.3. The molecule has 111 valence electrons. The van der Waals surface area contributed by atoms with Crippen molar-refractivity contribution in [3.63, 3.8) is 0 Å². The molecule has 1 aromatic rings. The minimum Gasteiger partial charge on any atom is -0.312 e. The Morgan fingerprint density at radius 3 is 2.95 bits per heavy atom. The first-order chi connectivity index (χ1) is 10.1. The number of halogens is 1. The van der Waals surface area contributed by atoms with Crippen molar-refractivity contribution in [2.45, 2.75) is 51.5 Å².